The molecule has 0 saturated heterocycles. The lowest BCUT2D eigenvalue weighted by atomic mass is 9.81. The van der Waals surface area contributed by atoms with Crippen molar-refractivity contribution in [2.75, 3.05) is 0 Å². The second-order valence-corrected chi connectivity index (χ2v) is 7.50. The first-order valence-corrected chi connectivity index (χ1v) is 8.58. The number of carbonyl (C=O) groups excluding carboxylic acids is 4. The maximum atomic E-state index is 12.8. The maximum absolute atomic E-state index is 12.8. The average molecular weight is 348 g/mol. The van der Waals surface area contributed by atoms with Gasteiger partial charge in [0.2, 0.25) is 0 Å². The molecular formula is C20H28O5. The maximum Gasteiger partial charge on any atom is 0.192 e. The summed E-state index contributed by atoms with van der Waals surface area (Å²) in [6, 6.07) is 0. The Kier molecular flexibility index (Phi) is 6.77. The standard InChI is InChI=1S/C20H28O5/c1-11(2)7-9-14-18(23)16(17(22)13(5)6)19(24)20(14,25)15(21)10-8-12(3)4/h7-8,13-14,16,25H,9-10H2,1-6H3/t14-,16?,20+/m1/s1. The van der Waals surface area contributed by atoms with Gasteiger partial charge in [-0.2, -0.15) is 0 Å². The molecule has 0 bridgehead atoms. The molecule has 1 unspecified atom stereocenters. The fourth-order valence-corrected chi connectivity index (χ4v) is 2.96. The van der Waals surface area contributed by atoms with Gasteiger partial charge in [-0.25, -0.2) is 0 Å². The zero-order valence-corrected chi connectivity index (χ0v) is 15.9. The van der Waals surface area contributed by atoms with Gasteiger partial charge in [0.25, 0.3) is 0 Å². The number of rotatable bonds is 7. The Morgan fingerprint density at radius 1 is 1.08 bits per heavy atom. The van der Waals surface area contributed by atoms with E-state index >= 15 is 0 Å². The minimum atomic E-state index is -2.43. The van der Waals surface area contributed by atoms with Crippen molar-refractivity contribution in [2.24, 2.45) is 17.8 Å². The molecule has 0 aromatic heterocycles. The Morgan fingerprint density at radius 2 is 1.60 bits per heavy atom. The molecule has 0 amide bonds. The van der Waals surface area contributed by atoms with Crippen LogP contribution in [0.4, 0.5) is 0 Å². The van der Waals surface area contributed by atoms with Gasteiger partial charge in [0.05, 0.1) is 5.92 Å². The van der Waals surface area contributed by atoms with E-state index in [1.54, 1.807) is 39.8 Å². The molecule has 3 atom stereocenters. The summed E-state index contributed by atoms with van der Waals surface area (Å²) in [6.45, 7) is 10.4. The van der Waals surface area contributed by atoms with E-state index in [4.69, 9.17) is 0 Å². The van der Waals surface area contributed by atoms with Gasteiger partial charge in [-0.15, -0.1) is 0 Å². The molecule has 1 fully saturated rings. The summed E-state index contributed by atoms with van der Waals surface area (Å²) in [4.78, 5) is 50.5. The third-order valence-corrected chi connectivity index (χ3v) is 4.51. The lowest BCUT2D eigenvalue weighted by Gasteiger charge is -2.25. The Morgan fingerprint density at radius 3 is 2.04 bits per heavy atom. The second-order valence-electron chi connectivity index (χ2n) is 7.50. The molecule has 5 heteroatoms. The highest BCUT2D eigenvalue weighted by atomic mass is 16.3. The van der Waals surface area contributed by atoms with Crippen molar-refractivity contribution in [1.82, 2.24) is 0 Å². The third-order valence-electron chi connectivity index (χ3n) is 4.51. The van der Waals surface area contributed by atoms with E-state index in [0.717, 1.165) is 11.1 Å². The van der Waals surface area contributed by atoms with Gasteiger partial charge in [-0.1, -0.05) is 37.1 Å². The number of aliphatic hydroxyl groups is 1. The quantitative estimate of drug-likeness (QED) is 0.564. The first kappa shape index (κ1) is 21.2. The highest BCUT2D eigenvalue weighted by Gasteiger charge is 2.64. The third kappa shape index (κ3) is 4.21. The van der Waals surface area contributed by atoms with Gasteiger partial charge in [0.15, 0.2) is 28.7 Å². The Hall–Kier alpha value is -1.88. The summed E-state index contributed by atoms with van der Waals surface area (Å²) < 4.78 is 0. The molecule has 1 N–H and O–H groups in total. The van der Waals surface area contributed by atoms with Crippen molar-refractivity contribution >= 4 is 23.1 Å². The summed E-state index contributed by atoms with van der Waals surface area (Å²) in [7, 11) is 0. The number of Topliss-reactive ketones (excluding diaryl/α,β-unsaturated/α-hetero) is 4. The van der Waals surface area contributed by atoms with Gasteiger partial charge in [-0.05, 0) is 34.1 Å². The van der Waals surface area contributed by atoms with Gasteiger partial charge in [0.1, 0.15) is 5.92 Å². The van der Waals surface area contributed by atoms with Crippen molar-refractivity contribution < 1.29 is 24.3 Å². The predicted octanol–water partition coefficient (Wildman–Crippen LogP) is 2.61. The Bertz CT molecular complexity index is 645. The topological polar surface area (TPSA) is 88.5 Å². The highest BCUT2D eigenvalue weighted by Crippen LogP contribution is 2.39. The smallest absolute Gasteiger partial charge is 0.192 e. The fourth-order valence-electron chi connectivity index (χ4n) is 2.96. The predicted molar refractivity (Wildman–Crippen MR) is 94.9 cm³/mol. The molecule has 0 aliphatic heterocycles. The summed E-state index contributed by atoms with van der Waals surface area (Å²) in [5.74, 6) is -6.15. The van der Waals surface area contributed by atoms with Crippen molar-refractivity contribution in [2.45, 2.75) is 60.0 Å². The molecule has 1 rings (SSSR count). The summed E-state index contributed by atoms with van der Waals surface area (Å²) in [5.41, 5.74) is -0.660. The van der Waals surface area contributed by atoms with Gasteiger partial charge in [0, 0.05) is 12.3 Å². The number of hydrogen-bond acceptors (Lipinski definition) is 5. The summed E-state index contributed by atoms with van der Waals surface area (Å²) in [6.07, 6.45) is 3.22. The van der Waals surface area contributed by atoms with E-state index in [1.165, 1.54) is 0 Å². The van der Waals surface area contributed by atoms with E-state index in [-0.39, 0.29) is 12.8 Å². The molecule has 0 spiro atoms. The first-order chi connectivity index (χ1) is 11.4. The number of ketones is 4. The molecular weight excluding hydrogens is 320 g/mol. The van der Waals surface area contributed by atoms with Crippen molar-refractivity contribution in [3.63, 3.8) is 0 Å². The van der Waals surface area contributed by atoms with Crippen molar-refractivity contribution in [3.05, 3.63) is 23.3 Å². The van der Waals surface area contributed by atoms with Crippen LogP contribution in [0.1, 0.15) is 54.4 Å². The molecule has 0 heterocycles. The minimum absolute atomic E-state index is 0.0614. The van der Waals surface area contributed by atoms with E-state index < -0.39 is 46.5 Å². The van der Waals surface area contributed by atoms with E-state index in [9.17, 15) is 24.3 Å². The number of allylic oxidation sites excluding steroid dienone is 4. The molecule has 0 radical (unpaired) electrons. The fraction of sp³-hybridized carbons (Fsp3) is 0.600. The monoisotopic (exact) mass is 348 g/mol. The average Bonchev–Trinajstić information content (AvgIpc) is 2.69. The first-order valence-electron chi connectivity index (χ1n) is 8.58. The zero-order valence-electron chi connectivity index (χ0n) is 15.9. The van der Waals surface area contributed by atoms with E-state index in [1.807, 2.05) is 13.8 Å². The van der Waals surface area contributed by atoms with Gasteiger partial charge < -0.3 is 5.11 Å². The van der Waals surface area contributed by atoms with Crippen LogP contribution in [0.15, 0.2) is 23.3 Å². The molecule has 25 heavy (non-hydrogen) atoms. The molecule has 1 aliphatic carbocycles. The molecule has 5 nitrogen and oxygen atoms in total. The van der Waals surface area contributed by atoms with Crippen LogP contribution in [0.25, 0.3) is 0 Å². The molecule has 0 aromatic carbocycles. The van der Waals surface area contributed by atoms with Crippen LogP contribution in [0.3, 0.4) is 0 Å². The summed E-state index contributed by atoms with van der Waals surface area (Å²) >= 11 is 0. The van der Waals surface area contributed by atoms with Crippen LogP contribution in [-0.2, 0) is 19.2 Å². The zero-order chi connectivity index (χ0) is 19.5. The molecule has 138 valence electrons. The van der Waals surface area contributed by atoms with Gasteiger partial charge in [-0.3, -0.25) is 19.2 Å². The lowest BCUT2D eigenvalue weighted by molar-refractivity contribution is -0.153. The molecule has 1 saturated carbocycles. The molecule has 1 aliphatic rings. The number of carbonyl (C=O) groups is 4. The highest BCUT2D eigenvalue weighted by molar-refractivity contribution is 6.33. The van der Waals surface area contributed by atoms with Crippen LogP contribution in [-0.4, -0.2) is 33.8 Å². The van der Waals surface area contributed by atoms with Crippen LogP contribution in [0, 0.1) is 17.8 Å². The van der Waals surface area contributed by atoms with Gasteiger partial charge >= 0.3 is 0 Å². The van der Waals surface area contributed by atoms with E-state index in [2.05, 4.69) is 0 Å². The normalized spacial score (nSPS) is 25.9. The summed E-state index contributed by atoms with van der Waals surface area (Å²) in [5, 5.41) is 11.0. The van der Waals surface area contributed by atoms with E-state index in [0.29, 0.717) is 0 Å². The largest absolute Gasteiger partial charge is 0.374 e. The lowest BCUT2D eigenvalue weighted by Crippen LogP contribution is -2.49. The van der Waals surface area contributed by atoms with Crippen LogP contribution < -0.4 is 0 Å². The molecule has 0 aromatic rings. The van der Waals surface area contributed by atoms with Crippen LogP contribution in [0.2, 0.25) is 0 Å². The number of hydrogen-bond donors (Lipinski definition) is 1. The van der Waals surface area contributed by atoms with Crippen LogP contribution in [0.5, 0.6) is 0 Å². The van der Waals surface area contributed by atoms with Crippen molar-refractivity contribution in [3.8, 4) is 0 Å². The van der Waals surface area contributed by atoms with Crippen LogP contribution >= 0.6 is 0 Å². The van der Waals surface area contributed by atoms with Crippen molar-refractivity contribution in [1.29, 1.82) is 0 Å². The Labute approximate surface area is 149 Å². The SMILES string of the molecule is CC(C)=CCC(=O)[C@]1(O)C(=O)C(C(=O)C(C)C)C(=O)[C@H]1CC=C(C)C. The second kappa shape index (κ2) is 8.00. The minimum Gasteiger partial charge on any atom is -0.374 e. The Balaban J connectivity index is 3.37.